The average Bonchev–Trinajstić information content (AvgIpc) is 2.75. The fourth-order valence-electron chi connectivity index (χ4n) is 4.23. The zero-order valence-electron chi connectivity index (χ0n) is 16.1. The van der Waals surface area contributed by atoms with Crippen LogP contribution in [0.4, 0.5) is 0 Å². The number of hydrogen-bond acceptors (Lipinski definition) is 2. The summed E-state index contributed by atoms with van der Waals surface area (Å²) in [5.41, 5.74) is 3.42. The van der Waals surface area contributed by atoms with Gasteiger partial charge < -0.3 is 0 Å². The zero-order chi connectivity index (χ0) is 19.6. The lowest BCUT2D eigenvalue weighted by Gasteiger charge is -2.42. The third-order valence-electron chi connectivity index (χ3n) is 5.89. The topological polar surface area (TPSA) is 37.4 Å². The molecule has 3 nitrogen and oxygen atoms in total. The summed E-state index contributed by atoms with van der Waals surface area (Å²) in [4.78, 5) is 0.380. The normalized spacial score (nSPS) is 17.3. The summed E-state index contributed by atoms with van der Waals surface area (Å²) in [5.74, 6) is 0. The highest BCUT2D eigenvalue weighted by Crippen LogP contribution is 2.42. The Labute approximate surface area is 167 Å². The smallest absolute Gasteiger partial charge is 0.207 e. The molecule has 144 valence electrons. The molecule has 0 atom stereocenters. The monoisotopic (exact) mass is 391 g/mol. The first-order valence-corrected chi connectivity index (χ1v) is 11.1. The van der Waals surface area contributed by atoms with Gasteiger partial charge in [0.2, 0.25) is 10.0 Å². The van der Waals surface area contributed by atoms with Gasteiger partial charge in [0, 0.05) is 18.5 Å². The van der Waals surface area contributed by atoms with Crippen molar-refractivity contribution in [2.75, 3.05) is 13.1 Å². The summed E-state index contributed by atoms with van der Waals surface area (Å²) in [7, 11) is -3.46. The Bertz CT molecular complexity index is 979. The van der Waals surface area contributed by atoms with Gasteiger partial charge in [0.05, 0.1) is 4.90 Å². The molecule has 1 aliphatic rings. The summed E-state index contributed by atoms with van der Waals surface area (Å²) in [6.07, 6.45) is 1.54. The maximum absolute atomic E-state index is 13.1. The molecule has 1 heterocycles. The van der Waals surface area contributed by atoms with Gasteiger partial charge in [-0.25, -0.2) is 8.42 Å². The number of rotatable bonds is 4. The molecule has 4 heteroatoms. The zero-order valence-corrected chi connectivity index (χ0v) is 16.9. The largest absolute Gasteiger partial charge is 0.243 e. The molecule has 0 aromatic heterocycles. The molecule has 1 saturated heterocycles. The van der Waals surface area contributed by atoms with E-state index in [-0.39, 0.29) is 5.41 Å². The highest BCUT2D eigenvalue weighted by Gasteiger charge is 2.40. The number of aryl methyl sites for hydroxylation is 1. The van der Waals surface area contributed by atoms with E-state index in [2.05, 4.69) is 48.5 Å². The van der Waals surface area contributed by atoms with E-state index in [0.29, 0.717) is 18.0 Å². The molecule has 0 saturated carbocycles. The Kier molecular flexibility index (Phi) is 5.09. The van der Waals surface area contributed by atoms with Gasteiger partial charge in [-0.3, -0.25) is 0 Å². The molecular weight excluding hydrogens is 366 g/mol. The second kappa shape index (κ2) is 7.53. The molecule has 3 aromatic carbocycles. The minimum Gasteiger partial charge on any atom is -0.207 e. The van der Waals surface area contributed by atoms with Gasteiger partial charge in [0.25, 0.3) is 0 Å². The van der Waals surface area contributed by atoms with Gasteiger partial charge in [-0.15, -0.1) is 0 Å². The third-order valence-corrected chi connectivity index (χ3v) is 7.80. The SMILES string of the molecule is Cc1ccc(S(=O)(=O)N2CCC(c3ccccc3)(c3ccccc3)CC2)cc1. The highest BCUT2D eigenvalue weighted by molar-refractivity contribution is 7.89. The second-order valence-corrected chi connectivity index (χ2v) is 9.47. The van der Waals surface area contributed by atoms with Gasteiger partial charge in [0.1, 0.15) is 0 Å². The van der Waals surface area contributed by atoms with E-state index in [1.807, 2.05) is 31.2 Å². The summed E-state index contributed by atoms with van der Waals surface area (Å²) in [5, 5.41) is 0. The number of benzene rings is 3. The molecule has 3 aromatic rings. The fourth-order valence-corrected chi connectivity index (χ4v) is 5.67. The highest BCUT2D eigenvalue weighted by atomic mass is 32.2. The maximum atomic E-state index is 13.1. The Hall–Kier alpha value is -2.43. The van der Waals surface area contributed by atoms with Crippen LogP contribution in [0.3, 0.4) is 0 Å². The Morgan fingerprint density at radius 2 is 1.18 bits per heavy atom. The van der Waals surface area contributed by atoms with Crippen molar-refractivity contribution in [3.05, 3.63) is 102 Å². The Morgan fingerprint density at radius 1 is 0.714 bits per heavy atom. The number of sulfonamides is 1. The van der Waals surface area contributed by atoms with Crippen molar-refractivity contribution in [1.82, 2.24) is 4.31 Å². The molecule has 0 bridgehead atoms. The lowest BCUT2D eigenvalue weighted by Crippen LogP contribution is -2.45. The molecule has 4 rings (SSSR count). The Balaban J connectivity index is 1.65. The molecule has 0 spiro atoms. The lowest BCUT2D eigenvalue weighted by molar-refractivity contribution is 0.265. The van der Waals surface area contributed by atoms with E-state index in [9.17, 15) is 8.42 Å². The van der Waals surface area contributed by atoms with Crippen LogP contribution in [0, 0.1) is 6.92 Å². The van der Waals surface area contributed by atoms with Crippen LogP contribution in [0.5, 0.6) is 0 Å². The van der Waals surface area contributed by atoms with Gasteiger partial charge in [-0.05, 0) is 43.0 Å². The quantitative estimate of drug-likeness (QED) is 0.643. The standard InChI is InChI=1S/C24H25NO2S/c1-20-12-14-23(15-13-20)28(26,27)25-18-16-24(17-19-25,21-8-4-2-5-9-21)22-10-6-3-7-11-22/h2-15H,16-19H2,1H3. The minimum atomic E-state index is -3.46. The van der Waals surface area contributed by atoms with Crippen LogP contribution in [-0.2, 0) is 15.4 Å². The van der Waals surface area contributed by atoms with Crippen molar-refractivity contribution in [2.24, 2.45) is 0 Å². The predicted molar refractivity (Wildman–Crippen MR) is 113 cm³/mol. The molecule has 0 radical (unpaired) electrons. The number of hydrogen-bond donors (Lipinski definition) is 0. The van der Waals surface area contributed by atoms with Gasteiger partial charge >= 0.3 is 0 Å². The fraction of sp³-hybridized carbons (Fsp3) is 0.250. The second-order valence-electron chi connectivity index (χ2n) is 7.53. The third kappa shape index (κ3) is 3.38. The van der Waals surface area contributed by atoms with Crippen molar-refractivity contribution in [1.29, 1.82) is 0 Å². The van der Waals surface area contributed by atoms with Crippen LogP contribution < -0.4 is 0 Å². The van der Waals surface area contributed by atoms with E-state index in [1.54, 1.807) is 16.4 Å². The molecule has 1 fully saturated rings. The minimum absolute atomic E-state index is 0.151. The van der Waals surface area contributed by atoms with Crippen molar-refractivity contribution in [3.8, 4) is 0 Å². The molecule has 28 heavy (non-hydrogen) atoms. The van der Waals surface area contributed by atoms with Crippen LogP contribution in [0.15, 0.2) is 89.8 Å². The first-order chi connectivity index (χ1) is 13.5. The van der Waals surface area contributed by atoms with E-state index in [4.69, 9.17) is 0 Å². The maximum Gasteiger partial charge on any atom is 0.243 e. The average molecular weight is 392 g/mol. The van der Waals surface area contributed by atoms with Gasteiger partial charge in [0.15, 0.2) is 0 Å². The predicted octanol–water partition coefficient (Wildman–Crippen LogP) is 4.77. The number of piperidine rings is 1. The molecular formula is C24H25NO2S. The Morgan fingerprint density at radius 3 is 1.64 bits per heavy atom. The van der Waals surface area contributed by atoms with Gasteiger partial charge in [-0.1, -0.05) is 78.4 Å². The molecule has 0 aliphatic carbocycles. The van der Waals surface area contributed by atoms with E-state index in [1.165, 1.54) is 11.1 Å². The van der Waals surface area contributed by atoms with Crippen LogP contribution >= 0.6 is 0 Å². The van der Waals surface area contributed by atoms with Crippen molar-refractivity contribution >= 4 is 10.0 Å². The van der Waals surface area contributed by atoms with Crippen LogP contribution in [-0.4, -0.2) is 25.8 Å². The van der Waals surface area contributed by atoms with Crippen LogP contribution in [0.1, 0.15) is 29.5 Å². The molecule has 0 amide bonds. The van der Waals surface area contributed by atoms with E-state index in [0.717, 1.165) is 18.4 Å². The summed E-state index contributed by atoms with van der Waals surface area (Å²) >= 11 is 0. The lowest BCUT2D eigenvalue weighted by atomic mass is 9.68. The van der Waals surface area contributed by atoms with Crippen molar-refractivity contribution in [2.45, 2.75) is 30.1 Å². The first-order valence-electron chi connectivity index (χ1n) is 9.70. The van der Waals surface area contributed by atoms with E-state index >= 15 is 0 Å². The molecule has 0 unspecified atom stereocenters. The summed E-state index contributed by atoms with van der Waals surface area (Å²) in [6.45, 7) is 2.99. The van der Waals surface area contributed by atoms with Crippen molar-refractivity contribution < 1.29 is 8.42 Å². The summed E-state index contributed by atoms with van der Waals surface area (Å²) < 4.78 is 27.9. The molecule has 1 aliphatic heterocycles. The summed E-state index contributed by atoms with van der Waals surface area (Å²) in [6, 6.07) is 28.1. The first kappa shape index (κ1) is 18.9. The molecule has 0 N–H and O–H groups in total. The number of nitrogens with zero attached hydrogens (tertiary/aromatic N) is 1. The van der Waals surface area contributed by atoms with Crippen LogP contribution in [0.25, 0.3) is 0 Å². The van der Waals surface area contributed by atoms with E-state index < -0.39 is 10.0 Å². The van der Waals surface area contributed by atoms with Crippen LogP contribution in [0.2, 0.25) is 0 Å². The van der Waals surface area contributed by atoms with Crippen molar-refractivity contribution in [3.63, 3.8) is 0 Å². The van der Waals surface area contributed by atoms with Gasteiger partial charge in [-0.2, -0.15) is 4.31 Å².